The van der Waals surface area contributed by atoms with E-state index in [4.69, 9.17) is 9.47 Å². The predicted molar refractivity (Wildman–Crippen MR) is 128 cm³/mol. The Balaban J connectivity index is 1.36. The molecular weight excluding hydrogens is 418 g/mol. The van der Waals surface area contributed by atoms with Crippen LogP contribution in [-0.2, 0) is 11.3 Å². The van der Waals surface area contributed by atoms with Crippen molar-refractivity contribution in [2.45, 2.75) is 12.6 Å². The molecule has 4 rings (SSSR count). The van der Waals surface area contributed by atoms with Crippen LogP contribution >= 0.6 is 0 Å². The van der Waals surface area contributed by atoms with E-state index in [1.807, 2.05) is 24.3 Å². The maximum absolute atomic E-state index is 5.56. The first-order valence-corrected chi connectivity index (χ1v) is 11.1. The van der Waals surface area contributed by atoms with Crippen molar-refractivity contribution in [3.63, 3.8) is 0 Å². The molecule has 174 valence electrons. The maximum atomic E-state index is 5.56. The lowest BCUT2D eigenvalue weighted by Gasteiger charge is -2.35. The normalized spacial score (nSPS) is 15.8. The summed E-state index contributed by atoms with van der Waals surface area (Å²) in [6.45, 7) is 4.72. The predicted octanol–water partition coefficient (Wildman–Crippen LogP) is 2.01. The van der Waals surface area contributed by atoms with Gasteiger partial charge in [0.1, 0.15) is 18.4 Å². The van der Waals surface area contributed by atoms with Crippen molar-refractivity contribution in [2.75, 3.05) is 47.0 Å². The fourth-order valence-corrected chi connectivity index (χ4v) is 3.88. The summed E-state index contributed by atoms with van der Waals surface area (Å²) in [6, 6.07) is 16.7. The van der Waals surface area contributed by atoms with Crippen molar-refractivity contribution in [3.8, 4) is 11.4 Å². The molecule has 1 fully saturated rings. The molecule has 1 aromatic heterocycles. The molecule has 33 heavy (non-hydrogen) atoms. The van der Waals surface area contributed by atoms with Crippen LogP contribution in [-0.4, -0.2) is 72.6 Å². The maximum Gasteiger partial charge on any atom is 0.191 e. The zero-order chi connectivity index (χ0) is 22.9. The molecule has 1 atom stereocenters. The molecule has 2 N–H and O–H groups in total. The van der Waals surface area contributed by atoms with Gasteiger partial charge in [0.25, 0.3) is 0 Å². The molecule has 2 aromatic carbocycles. The second-order valence-corrected chi connectivity index (χ2v) is 7.75. The lowest BCUT2D eigenvalue weighted by molar-refractivity contribution is 0.0170. The standard InChI is InChI=1S/C24H31N7O2/c1-25-24(27-15-19-3-7-21(8-4-19)31-18-26-17-29-31)28-16-23(30-11-13-33-14-12-30)20-5-9-22(32-2)10-6-20/h3-10,17-18,23H,11-16H2,1-2H3,(H2,25,27,28). The van der Waals surface area contributed by atoms with Crippen LogP contribution in [0.1, 0.15) is 17.2 Å². The van der Waals surface area contributed by atoms with E-state index < -0.39 is 0 Å². The molecule has 0 bridgehead atoms. The summed E-state index contributed by atoms with van der Waals surface area (Å²) < 4.78 is 12.6. The zero-order valence-corrected chi connectivity index (χ0v) is 19.1. The van der Waals surface area contributed by atoms with Crippen LogP contribution in [0.15, 0.2) is 66.2 Å². The molecule has 2 heterocycles. The fraction of sp³-hybridized carbons (Fsp3) is 0.375. The summed E-state index contributed by atoms with van der Waals surface area (Å²) >= 11 is 0. The molecule has 0 spiro atoms. The highest BCUT2D eigenvalue weighted by atomic mass is 16.5. The molecule has 9 heteroatoms. The Hall–Kier alpha value is -3.43. The van der Waals surface area contributed by atoms with Gasteiger partial charge in [-0.05, 0) is 35.4 Å². The number of rotatable bonds is 8. The molecule has 1 aliphatic rings. The highest BCUT2D eigenvalue weighted by Gasteiger charge is 2.23. The van der Waals surface area contributed by atoms with Crippen molar-refractivity contribution in [3.05, 3.63) is 72.3 Å². The molecule has 0 saturated carbocycles. The number of hydrogen-bond donors (Lipinski definition) is 2. The summed E-state index contributed by atoms with van der Waals surface area (Å²) in [5.41, 5.74) is 3.37. The van der Waals surface area contributed by atoms with Crippen LogP contribution in [0.25, 0.3) is 5.69 Å². The van der Waals surface area contributed by atoms with E-state index in [9.17, 15) is 0 Å². The van der Waals surface area contributed by atoms with Gasteiger partial charge >= 0.3 is 0 Å². The first kappa shape index (κ1) is 22.8. The highest BCUT2D eigenvalue weighted by molar-refractivity contribution is 5.79. The number of aliphatic imine (C=N–C) groups is 1. The molecule has 0 radical (unpaired) electrons. The molecule has 1 aliphatic heterocycles. The number of ether oxygens (including phenoxy) is 2. The second kappa shape index (κ2) is 11.4. The smallest absolute Gasteiger partial charge is 0.191 e. The van der Waals surface area contributed by atoms with Crippen LogP contribution in [0, 0.1) is 0 Å². The molecule has 9 nitrogen and oxygen atoms in total. The number of nitrogens with zero attached hydrogens (tertiary/aromatic N) is 5. The SMILES string of the molecule is CN=C(NCc1ccc(-n2cncn2)cc1)NCC(c1ccc(OC)cc1)N1CCOCC1. The minimum absolute atomic E-state index is 0.209. The van der Waals surface area contributed by atoms with E-state index in [0.29, 0.717) is 6.54 Å². The third-order valence-corrected chi connectivity index (χ3v) is 5.75. The van der Waals surface area contributed by atoms with Crippen LogP contribution in [0.4, 0.5) is 0 Å². The zero-order valence-electron chi connectivity index (χ0n) is 19.1. The number of hydrogen-bond acceptors (Lipinski definition) is 6. The summed E-state index contributed by atoms with van der Waals surface area (Å²) in [6.07, 6.45) is 3.22. The number of nitrogens with one attached hydrogen (secondary N) is 2. The van der Waals surface area contributed by atoms with E-state index in [-0.39, 0.29) is 6.04 Å². The third-order valence-electron chi connectivity index (χ3n) is 5.75. The quantitative estimate of drug-likeness (QED) is 0.402. The van der Waals surface area contributed by atoms with E-state index in [1.165, 1.54) is 11.9 Å². The van der Waals surface area contributed by atoms with Crippen molar-refractivity contribution >= 4 is 5.96 Å². The minimum atomic E-state index is 0.209. The van der Waals surface area contributed by atoms with Crippen LogP contribution in [0.3, 0.4) is 0 Å². The van der Waals surface area contributed by atoms with Gasteiger partial charge in [-0.15, -0.1) is 0 Å². The monoisotopic (exact) mass is 449 g/mol. The molecule has 3 aromatic rings. The van der Waals surface area contributed by atoms with Gasteiger partial charge < -0.3 is 20.1 Å². The topological polar surface area (TPSA) is 88.8 Å². The molecule has 0 amide bonds. The Morgan fingerprint density at radius 1 is 1.09 bits per heavy atom. The first-order valence-electron chi connectivity index (χ1n) is 11.1. The number of methoxy groups -OCH3 is 1. The lowest BCUT2D eigenvalue weighted by atomic mass is 10.0. The van der Waals surface area contributed by atoms with Crippen molar-refractivity contribution in [2.24, 2.45) is 4.99 Å². The average molecular weight is 450 g/mol. The third kappa shape index (κ3) is 6.09. The Morgan fingerprint density at radius 2 is 1.85 bits per heavy atom. The Labute approximate surface area is 194 Å². The van der Waals surface area contributed by atoms with Gasteiger partial charge in [0.15, 0.2) is 5.96 Å². The van der Waals surface area contributed by atoms with E-state index in [0.717, 1.165) is 55.8 Å². The summed E-state index contributed by atoms with van der Waals surface area (Å²) in [5.74, 6) is 1.63. The Morgan fingerprint density at radius 3 is 2.48 bits per heavy atom. The second-order valence-electron chi connectivity index (χ2n) is 7.75. The summed E-state index contributed by atoms with van der Waals surface area (Å²) in [5, 5.41) is 11.1. The lowest BCUT2D eigenvalue weighted by Crippen LogP contribution is -2.46. The Bertz CT molecular complexity index is 998. The van der Waals surface area contributed by atoms with Crippen LogP contribution in [0.2, 0.25) is 0 Å². The Kier molecular flexibility index (Phi) is 7.89. The van der Waals surface area contributed by atoms with Crippen LogP contribution < -0.4 is 15.4 Å². The van der Waals surface area contributed by atoms with Gasteiger partial charge in [-0.1, -0.05) is 24.3 Å². The number of aromatic nitrogens is 3. The van der Waals surface area contributed by atoms with Gasteiger partial charge in [0.05, 0.1) is 32.1 Å². The molecule has 0 aliphatic carbocycles. The number of benzene rings is 2. The number of guanidine groups is 1. The van der Waals surface area contributed by atoms with Gasteiger partial charge in [0, 0.05) is 33.2 Å². The summed E-state index contributed by atoms with van der Waals surface area (Å²) in [7, 11) is 3.48. The molecule has 1 unspecified atom stereocenters. The largest absolute Gasteiger partial charge is 0.497 e. The highest BCUT2D eigenvalue weighted by Crippen LogP contribution is 2.23. The molecular formula is C24H31N7O2. The van der Waals surface area contributed by atoms with Gasteiger partial charge in [-0.25, -0.2) is 9.67 Å². The van der Waals surface area contributed by atoms with E-state index >= 15 is 0 Å². The van der Waals surface area contributed by atoms with E-state index in [1.54, 1.807) is 25.2 Å². The fourth-order valence-electron chi connectivity index (χ4n) is 3.88. The summed E-state index contributed by atoms with van der Waals surface area (Å²) in [4.78, 5) is 10.9. The number of morpholine rings is 1. The van der Waals surface area contributed by atoms with Gasteiger partial charge in [0.2, 0.25) is 0 Å². The van der Waals surface area contributed by atoms with Crippen molar-refractivity contribution < 1.29 is 9.47 Å². The molecule has 1 saturated heterocycles. The van der Waals surface area contributed by atoms with Crippen molar-refractivity contribution in [1.29, 1.82) is 0 Å². The van der Waals surface area contributed by atoms with Crippen molar-refractivity contribution in [1.82, 2.24) is 30.3 Å². The van der Waals surface area contributed by atoms with Gasteiger partial charge in [-0.2, -0.15) is 5.10 Å². The first-order chi connectivity index (χ1) is 16.3. The van der Waals surface area contributed by atoms with E-state index in [2.05, 4.69) is 54.9 Å². The van der Waals surface area contributed by atoms with Crippen LogP contribution in [0.5, 0.6) is 5.75 Å². The minimum Gasteiger partial charge on any atom is -0.497 e. The van der Waals surface area contributed by atoms with Gasteiger partial charge in [-0.3, -0.25) is 9.89 Å². The average Bonchev–Trinajstić information content (AvgIpc) is 3.42.